The maximum absolute atomic E-state index is 13.2. The predicted octanol–water partition coefficient (Wildman–Crippen LogP) is 3.56. The smallest absolute Gasteiger partial charge is 0.266 e. The van der Waals surface area contributed by atoms with E-state index in [4.69, 9.17) is 9.15 Å². The van der Waals surface area contributed by atoms with Gasteiger partial charge in [0.2, 0.25) is 5.91 Å². The molecule has 7 nitrogen and oxygen atoms in total. The predicted molar refractivity (Wildman–Crippen MR) is 114 cm³/mol. The number of benzene rings is 2. The highest BCUT2D eigenvalue weighted by atomic mass is 16.5. The van der Waals surface area contributed by atoms with Gasteiger partial charge in [0, 0.05) is 23.7 Å². The van der Waals surface area contributed by atoms with Gasteiger partial charge in [-0.05, 0) is 30.3 Å². The van der Waals surface area contributed by atoms with E-state index >= 15 is 0 Å². The van der Waals surface area contributed by atoms with Crippen molar-refractivity contribution in [3.8, 4) is 23.0 Å². The van der Waals surface area contributed by atoms with Crippen LogP contribution in [0.3, 0.4) is 0 Å². The van der Waals surface area contributed by atoms with Gasteiger partial charge in [-0.3, -0.25) is 9.59 Å². The summed E-state index contributed by atoms with van der Waals surface area (Å²) in [5.41, 5.74) is 1.94. The van der Waals surface area contributed by atoms with Crippen LogP contribution in [0.4, 0.5) is 0 Å². The van der Waals surface area contributed by atoms with Crippen LogP contribution in [0.2, 0.25) is 0 Å². The van der Waals surface area contributed by atoms with Crippen molar-refractivity contribution in [1.29, 1.82) is 0 Å². The topological polar surface area (TPSA) is 86.4 Å². The third-order valence-electron chi connectivity index (χ3n) is 5.21. The second-order valence-electron chi connectivity index (χ2n) is 7.16. The Balaban J connectivity index is 1.34. The molecule has 31 heavy (non-hydrogen) atoms. The molecule has 0 fully saturated rings. The number of furan rings is 1. The number of rotatable bonds is 5. The van der Waals surface area contributed by atoms with Gasteiger partial charge in [0.25, 0.3) is 5.56 Å². The third-order valence-corrected chi connectivity index (χ3v) is 5.21. The molecule has 3 heterocycles. The molecule has 1 amide bonds. The Morgan fingerprint density at radius 3 is 2.32 bits per heavy atom. The van der Waals surface area contributed by atoms with Crippen molar-refractivity contribution in [1.82, 2.24) is 15.1 Å². The quantitative estimate of drug-likeness (QED) is 0.541. The number of aromatic nitrogens is 2. The van der Waals surface area contributed by atoms with E-state index in [1.165, 1.54) is 10.7 Å². The van der Waals surface area contributed by atoms with E-state index < -0.39 is 5.92 Å². The number of hydrogen-bond donors (Lipinski definition) is 1. The van der Waals surface area contributed by atoms with Crippen LogP contribution in [0.1, 0.15) is 17.0 Å². The fourth-order valence-corrected chi connectivity index (χ4v) is 3.74. The van der Waals surface area contributed by atoms with Crippen LogP contribution in [0.25, 0.3) is 11.5 Å². The second kappa shape index (κ2) is 7.95. The minimum Gasteiger partial charge on any atom is -0.463 e. The van der Waals surface area contributed by atoms with Crippen molar-refractivity contribution < 1.29 is 13.9 Å². The molecule has 0 radical (unpaired) electrons. The van der Waals surface area contributed by atoms with Crippen LogP contribution < -0.4 is 15.6 Å². The van der Waals surface area contributed by atoms with Gasteiger partial charge in [0.1, 0.15) is 17.2 Å². The van der Waals surface area contributed by atoms with E-state index in [1.54, 1.807) is 24.5 Å². The van der Waals surface area contributed by atoms with Crippen molar-refractivity contribution in [3.63, 3.8) is 0 Å². The van der Waals surface area contributed by atoms with Gasteiger partial charge in [0.05, 0.1) is 18.7 Å². The summed E-state index contributed by atoms with van der Waals surface area (Å²) in [7, 11) is 0. The highest BCUT2D eigenvalue weighted by molar-refractivity contribution is 5.89. The lowest BCUT2D eigenvalue weighted by Gasteiger charge is -2.27. The lowest BCUT2D eigenvalue weighted by molar-refractivity contribution is -0.121. The summed E-state index contributed by atoms with van der Waals surface area (Å²) >= 11 is 0. The van der Waals surface area contributed by atoms with Crippen LogP contribution in [0.15, 0.2) is 88.3 Å². The number of fused-ring (bicyclic) bond motifs is 2. The van der Waals surface area contributed by atoms with Crippen LogP contribution in [0, 0.1) is 0 Å². The van der Waals surface area contributed by atoms with Gasteiger partial charge in [0.15, 0.2) is 5.76 Å². The zero-order chi connectivity index (χ0) is 21.2. The summed E-state index contributed by atoms with van der Waals surface area (Å²) < 4.78 is 12.6. The van der Waals surface area contributed by atoms with Crippen molar-refractivity contribution in [3.05, 3.63) is 101 Å². The van der Waals surface area contributed by atoms with Crippen LogP contribution in [0.5, 0.6) is 11.5 Å². The van der Waals surface area contributed by atoms with E-state index in [0.717, 1.165) is 11.1 Å². The van der Waals surface area contributed by atoms with Crippen molar-refractivity contribution >= 4 is 5.91 Å². The van der Waals surface area contributed by atoms with Gasteiger partial charge < -0.3 is 14.5 Å². The Kier molecular flexibility index (Phi) is 4.84. The fourth-order valence-electron chi connectivity index (χ4n) is 3.74. The molecule has 1 N–H and O–H groups in total. The number of nitrogens with zero attached hydrogens (tertiary/aromatic N) is 2. The van der Waals surface area contributed by atoms with E-state index in [0.29, 0.717) is 23.0 Å². The molecule has 2 aromatic heterocycles. The summed E-state index contributed by atoms with van der Waals surface area (Å²) in [5.74, 6) is 1.28. The first-order valence-corrected chi connectivity index (χ1v) is 9.96. The molecule has 2 aromatic carbocycles. The average molecular weight is 413 g/mol. The normalized spacial score (nSPS) is 12.5. The SMILES string of the molecule is O=C(NCCn1nc(-c2ccco2)ccc1=O)C1c2ccccc2Oc2ccccc21. The highest BCUT2D eigenvalue weighted by Crippen LogP contribution is 2.43. The molecular formula is C24H19N3O4. The van der Waals surface area contributed by atoms with Gasteiger partial charge >= 0.3 is 0 Å². The second-order valence-corrected chi connectivity index (χ2v) is 7.16. The summed E-state index contributed by atoms with van der Waals surface area (Å²) in [6.45, 7) is 0.501. The Bertz CT molecular complexity index is 1250. The lowest BCUT2D eigenvalue weighted by Crippen LogP contribution is -2.35. The molecule has 0 bridgehead atoms. The number of ether oxygens (including phenoxy) is 1. The van der Waals surface area contributed by atoms with Crippen molar-refractivity contribution in [2.75, 3.05) is 6.54 Å². The Morgan fingerprint density at radius 1 is 0.935 bits per heavy atom. The number of carbonyl (C=O) groups is 1. The molecule has 7 heteroatoms. The molecule has 4 aromatic rings. The molecule has 0 unspecified atom stereocenters. The minimum atomic E-state index is -0.486. The first-order chi connectivity index (χ1) is 15.2. The van der Waals surface area contributed by atoms with E-state index in [9.17, 15) is 9.59 Å². The molecule has 5 rings (SSSR count). The highest BCUT2D eigenvalue weighted by Gasteiger charge is 2.32. The number of amides is 1. The zero-order valence-electron chi connectivity index (χ0n) is 16.5. The van der Waals surface area contributed by atoms with E-state index in [1.807, 2.05) is 48.5 Å². The molecule has 0 atom stereocenters. The first-order valence-electron chi connectivity index (χ1n) is 9.96. The third kappa shape index (κ3) is 3.61. The monoisotopic (exact) mass is 413 g/mol. The Hall–Kier alpha value is -4.13. The van der Waals surface area contributed by atoms with Crippen LogP contribution in [-0.4, -0.2) is 22.2 Å². The standard InChI is InChI=1S/C24H19N3O4/c28-22-12-11-18(21-10-5-15-30-21)26-27(22)14-13-25-24(29)23-16-6-1-3-8-19(16)31-20-9-4-2-7-17(20)23/h1-12,15,23H,13-14H2,(H,25,29). The summed E-state index contributed by atoms with van der Waals surface area (Å²) in [5, 5.41) is 7.28. The largest absolute Gasteiger partial charge is 0.463 e. The number of para-hydroxylation sites is 2. The van der Waals surface area contributed by atoms with Gasteiger partial charge in [-0.2, -0.15) is 5.10 Å². The number of nitrogens with one attached hydrogen (secondary N) is 1. The van der Waals surface area contributed by atoms with E-state index in [2.05, 4.69) is 10.4 Å². The molecule has 1 aliphatic heterocycles. The summed E-state index contributed by atoms with van der Waals surface area (Å²) in [6, 6.07) is 21.6. The number of hydrogen-bond acceptors (Lipinski definition) is 5. The Morgan fingerprint density at radius 2 is 1.65 bits per heavy atom. The Labute approximate surface area is 177 Å². The van der Waals surface area contributed by atoms with Crippen molar-refractivity contribution in [2.24, 2.45) is 0 Å². The lowest BCUT2D eigenvalue weighted by atomic mass is 9.87. The average Bonchev–Trinajstić information content (AvgIpc) is 3.33. The summed E-state index contributed by atoms with van der Waals surface area (Å²) in [6.07, 6.45) is 1.55. The molecule has 0 saturated heterocycles. The summed E-state index contributed by atoms with van der Waals surface area (Å²) in [4.78, 5) is 25.3. The maximum Gasteiger partial charge on any atom is 0.266 e. The molecule has 0 aliphatic carbocycles. The molecular weight excluding hydrogens is 394 g/mol. The molecule has 0 saturated carbocycles. The molecule has 1 aliphatic rings. The zero-order valence-corrected chi connectivity index (χ0v) is 16.5. The minimum absolute atomic E-state index is 0.154. The first kappa shape index (κ1) is 18.9. The van der Waals surface area contributed by atoms with E-state index in [-0.39, 0.29) is 24.6 Å². The van der Waals surface area contributed by atoms with Gasteiger partial charge in [-0.25, -0.2) is 4.68 Å². The fraction of sp³-hybridized carbons (Fsp3) is 0.125. The van der Waals surface area contributed by atoms with Gasteiger partial charge in [-0.1, -0.05) is 36.4 Å². The maximum atomic E-state index is 13.2. The molecule has 154 valence electrons. The van der Waals surface area contributed by atoms with Gasteiger partial charge in [-0.15, -0.1) is 0 Å². The number of carbonyl (C=O) groups excluding carboxylic acids is 1. The van der Waals surface area contributed by atoms with Crippen LogP contribution >= 0.6 is 0 Å². The molecule has 0 spiro atoms. The van der Waals surface area contributed by atoms with Crippen LogP contribution in [-0.2, 0) is 11.3 Å². The van der Waals surface area contributed by atoms with Crippen molar-refractivity contribution in [2.45, 2.75) is 12.5 Å².